The second-order valence-electron chi connectivity index (χ2n) is 6.36. The third-order valence-corrected chi connectivity index (χ3v) is 4.21. The number of para-hydroxylation sites is 1. The van der Waals surface area contributed by atoms with Gasteiger partial charge < -0.3 is 14.8 Å². The zero-order valence-corrected chi connectivity index (χ0v) is 17.4. The van der Waals surface area contributed by atoms with E-state index in [9.17, 15) is 9.18 Å². The maximum atomic E-state index is 12.9. The monoisotopic (exact) mass is 436 g/mol. The SMILES string of the molecule is O=C(C=Cc1ccc(F)cc1)NC(=S)Nc1ccc(OCCOc2ccccc2)cc1. The van der Waals surface area contributed by atoms with Crippen molar-refractivity contribution in [2.45, 2.75) is 0 Å². The molecule has 0 aliphatic rings. The summed E-state index contributed by atoms with van der Waals surface area (Å²) in [5.74, 6) is 0.775. The number of halogens is 1. The Labute approximate surface area is 185 Å². The van der Waals surface area contributed by atoms with E-state index < -0.39 is 0 Å². The van der Waals surface area contributed by atoms with Crippen LogP contribution in [0.15, 0.2) is 84.9 Å². The number of nitrogens with one attached hydrogen (secondary N) is 2. The predicted molar refractivity (Wildman–Crippen MR) is 124 cm³/mol. The number of hydrogen-bond acceptors (Lipinski definition) is 4. The first kappa shape index (κ1) is 22.0. The van der Waals surface area contributed by atoms with Crippen molar-refractivity contribution in [2.24, 2.45) is 0 Å². The lowest BCUT2D eigenvalue weighted by Gasteiger charge is -2.10. The van der Waals surface area contributed by atoms with Gasteiger partial charge in [0.05, 0.1) is 0 Å². The van der Waals surface area contributed by atoms with E-state index in [-0.39, 0.29) is 16.8 Å². The summed E-state index contributed by atoms with van der Waals surface area (Å²) in [5, 5.41) is 5.65. The van der Waals surface area contributed by atoms with Gasteiger partial charge in [0.25, 0.3) is 0 Å². The molecule has 0 saturated heterocycles. The van der Waals surface area contributed by atoms with Crippen LogP contribution in [0.1, 0.15) is 5.56 Å². The van der Waals surface area contributed by atoms with E-state index in [0.29, 0.717) is 30.2 Å². The summed E-state index contributed by atoms with van der Waals surface area (Å²) >= 11 is 5.15. The van der Waals surface area contributed by atoms with Gasteiger partial charge in [0.2, 0.25) is 5.91 Å². The van der Waals surface area contributed by atoms with Crippen molar-refractivity contribution in [3.63, 3.8) is 0 Å². The molecule has 0 atom stereocenters. The fourth-order valence-electron chi connectivity index (χ4n) is 2.53. The molecule has 158 valence electrons. The standard InChI is InChI=1S/C24H21FN2O3S/c25-19-9-6-18(7-10-19)8-15-23(28)27-24(31)26-20-11-13-22(14-12-20)30-17-16-29-21-4-2-1-3-5-21/h1-15H,16-17H2,(H2,26,27,28,31). The summed E-state index contributed by atoms with van der Waals surface area (Å²) in [5.41, 5.74) is 1.42. The van der Waals surface area contributed by atoms with E-state index in [2.05, 4.69) is 10.6 Å². The summed E-state index contributed by atoms with van der Waals surface area (Å²) in [4.78, 5) is 12.0. The Balaban J connectivity index is 1.38. The summed E-state index contributed by atoms with van der Waals surface area (Å²) in [7, 11) is 0. The van der Waals surface area contributed by atoms with Gasteiger partial charge in [0, 0.05) is 11.8 Å². The Morgan fingerprint density at radius 2 is 1.48 bits per heavy atom. The quantitative estimate of drug-likeness (QED) is 0.302. The summed E-state index contributed by atoms with van der Waals surface area (Å²) in [6.45, 7) is 0.849. The Hall–Kier alpha value is -3.71. The topological polar surface area (TPSA) is 59.6 Å². The molecular weight excluding hydrogens is 415 g/mol. The van der Waals surface area contributed by atoms with Crippen molar-refractivity contribution in [3.8, 4) is 11.5 Å². The van der Waals surface area contributed by atoms with Crippen LogP contribution in [0.4, 0.5) is 10.1 Å². The Bertz CT molecular complexity index is 1020. The van der Waals surface area contributed by atoms with Crippen LogP contribution in [-0.2, 0) is 4.79 Å². The number of rotatable bonds is 8. The zero-order chi connectivity index (χ0) is 21.9. The van der Waals surface area contributed by atoms with Gasteiger partial charge in [-0.3, -0.25) is 10.1 Å². The number of hydrogen-bond donors (Lipinski definition) is 2. The molecule has 0 saturated carbocycles. The first-order valence-corrected chi connectivity index (χ1v) is 9.96. The average molecular weight is 437 g/mol. The fraction of sp³-hybridized carbons (Fsp3) is 0.0833. The molecule has 0 radical (unpaired) electrons. The Kier molecular flexibility index (Phi) is 8.13. The third-order valence-electron chi connectivity index (χ3n) is 4.01. The molecular formula is C24H21FN2O3S. The highest BCUT2D eigenvalue weighted by molar-refractivity contribution is 7.80. The molecule has 0 unspecified atom stereocenters. The molecule has 0 aromatic heterocycles. The van der Waals surface area contributed by atoms with E-state index in [1.165, 1.54) is 18.2 Å². The first-order valence-electron chi connectivity index (χ1n) is 9.55. The van der Waals surface area contributed by atoms with Gasteiger partial charge in [-0.15, -0.1) is 0 Å². The van der Waals surface area contributed by atoms with Gasteiger partial charge >= 0.3 is 0 Å². The molecule has 0 aliphatic carbocycles. The fourth-order valence-corrected chi connectivity index (χ4v) is 2.75. The molecule has 0 aliphatic heterocycles. The predicted octanol–water partition coefficient (Wildman–Crippen LogP) is 4.81. The minimum absolute atomic E-state index is 0.165. The van der Waals surface area contributed by atoms with E-state index in [1.807, 2.05) is 30.3 Å². The Morgan fingerprint density at radius 1 is 0.871 bits per heavy atom. The molecule has 0 fully saturated rings. The van der Waals surface area contributed by atoms with Crippen molar-refractivity contribution in [2.75, 3.05) is 18.5 Å². The largest absolute Gasteiger partial charge is 0.490 e. The normalized spacial score (nSPS) is 10.5. The maximum absolute atomic E-state index is 12.9. The highest BCUT2D eigenvalue weighted by atomic mass is 32.1. The lowest BCUT2D eigenvalue weighted by Crippen LogP contribution is -2.32. The smallest absolute Gasteiger partial charge is 0.250 e. The van der Waals surface area contributed by atoms with Gasteiger partial charge in [-0.1, -0.05) is 30.3 Å². The van der Waals surface area contributed by atoms with Crippen LogP contribution in [0, 0.1) is 5.82 Å². The molecule has 7 heteroatoms. The van der Waals surface area contributed by atoms with Crippen molar-refractivity contribution in [3.05, 3.63) is 96.3 Å². The second-order valence-corrected chi connectivity index (χ2v) is 6.77. The van der Waals surface area contributed by atoms with E-state index in [0.717, 1.165) is 5.75 Å². The van der Waals surface area contributed by atoms with Crippen molar-refractivity contribution in [1.29, 1.82) is 0 Å². The highest BCUT2D eigenvalue weighted by Gasteiger charge is 2.03. The average Bonchev–Trinajstić information content (AvgIpc) is 2.78. The number of carbonyl (C=O) groups is 1. The van der Waals surface area contributed by atoms with E-state index >= 15 is 0 Å². The van der Waals surface area contributed by atoms with Crippen molar-refractivity contribution in [1.82, 2.24) is 5.32 Å². The number of carbonyl (C=O) groups excluding carboxylic acids is 1. The van der Waals surface area contributed by atoms with Crippen LogP contribution >= 0.6 is 12.2 Å². The third kappa shape index (κ3) is 7.91. The van der Waals surface area contributed by atoms with Crippen molar-refractivity contribution < 1.29 is 18.7 Å². The Morgan fingerprint density at radius 3 is 2.13 bits per heavy atom. The van der Waals surface area contributed by atoms with Crippen LogP contribution in [-0.4, -0.2) is 24.2 Å². The number of ether oxygens (including phenoxy) is 2. The van der Waals surface area contributed by atoms with Crippen LogP contribution in [0.25, 0.3) is 6.08 Å². The van der Waals surface area contributed by atoms with Crippen molar-refractivity contribution >= 4 is 35.0 Å². The van der Waals surface area contributed by atoms with Gasteiger partial charge in [-0.25, -0.2) is 4.39 Å². The van der Waals surface area contributed by atoms with Crippen LogP contribution < -0.4 is 20.1 Å². The second kappa shape index (κ2) is 11.5. The molecule has 31 heavy (non-hydrogen) atoms. The van der Waals surface area contributed by atoms with Gasteiger partial charge in [-0.2, -0.15) is 0 Å². The van der Waals surface area contributed by atoms with E-state index in [4.69, 9.17) is 21.7 Å². The van der Waals surface area contributed by atoms with Crippen LogP contribution in [0.2, 0.25) is 0 Å². The summed E-state index contributed by atoms with van der Waals surface area (Å²) in [6.07, 6.45) is 2.90. The van der Waals surface area contributed by atoms with Gasteiger partial charge in [-0.05, 0) is 72.4 Å². The molecule has 3 rings (SSSR count). The van der Waals surface area contributed by atoms with Crippen LogP contribution in [0.5, 0.6) is 11.5 Å². The lowest BCUT2D eigenvalue weighted by atomic mass is 10.2. The van der Waals surface area contributed by atoms with E-state index in [1.54, 1.807) is 42.5 Å². The number of thiocarbonyl (C=S) groups is 1. The van der Waals surface area contributed by atoms with Crippen LogP contribution in [0.3, 0.4) is 0 Å². The molecule has 0 bridgehead atoms. The lowest BCUT2D eigenvalue weighted by molar-refractivity contribution is -0.115. The summed E-state index contributed by atoms with van der Waals surface area (Å²) in [6, 6.07) is 22.5. The zero-order valence-electron chi connectivity index (χ0n) is 16.6. The molecule has 3 aromatic rings. The number of amides is 1. The number of anilines is 1. The maximum Gasteiger partial charge on any atom is 0.250 e. The molecule has 2 N–H and O–H groups in total. The van der Waals surface area contributed by atoms with Gasteiger partial charge in [0.1, 0.15) is 30.5 Å². The number of benzene rings is 3. The molecule has 0 spiro atoms. The van der Waals surface area contributed by atoms with Gasteiger partial charge in [0.15, 0.2) is 5.11 Å². The molecule has 0 heterocycles. The molecule has 3 aromatic carbocycles. The highest BCUT2D eigenvalue weighted by Crippen LogP contribution is 2.16. The molecule has 1 amide bonds. The molecule has 5 nitrogen and oxygen atoms in total. The summed E-state index contributed by atoms with van der Waals surface area (Å²) < 4.78 is 24.1. The minimum atomic E-state index is -0.389. The first-order chi connectivity index (χ1) is 15.1. The minimum Gasteiger partial charge on any atom is -0.490 e.